The third-order valence-corrected chi connectivity index (χ3v) is 8.47. The summed E-state index contributed by atoms with van der Waals surface area (Å²) in [5, 5.41) is 7.36. The van der Waals surface area contributed by atoms with Crippen molar-refractivity contribution in [2.45, 2.75) is 82.8 Å². The molecular formula is C25H34F2N4O4S. The number of carbonyl (C=O) groups is 1. The Morgan fingerprint density at radius 2 is 2.03 bits per heavy atom. The molecule has 2 aromatic rings. The molecule has 0 spiro atoms. The van der Waals surface area contributed by atoms with E-state index < -0.39 is 12.0 Å². The first-order chi connectivity index (χ1) is 17.3. The molecule has 11 heteroatoms. The summed E-state index contributed by atoms with van der Waals surface area (Å²) in [6.07, 6.45) is 6.43. The zero-order valence-corrected chi connectivity index (χ0v) is 21.5. The molecule has 1 aliphatic heterocycles. The predicted molar refractivity (Wildman–Crippen MR) is 130 cm³/mol. The molecule has 2 fully saturated rings. The highest BCUT2D eigenvalue weighted by molar-refractivity contribution is 7.13. The molecule has 2 aliphatic carbocycles. The third kappa shape index (κ3) is 6.73. The Labute approximate surface area is 213 Å². The van der Waals surface area contributed by atoms with Gasteiger partial charge in [0, 0.05) is 49.3 Å². The van der Waals surface area contributed by atoms with Crippen LogP contribution in [0, 0.1) is 12.8 Å². The number of aromatic nitrogens is 2. The van der Waals surface area contributed by atoms with E-state index in [-0.39, 0.29) is 31.4 Å². The molecule has 0 saturated heterocycles. The lowest BCUT2D eigenvalue weighted by atomic mass is 9.84. The number of aryl methyl sites for hydroxylation is 1. The van der Waals surface area contributed by atoms with E-state index in [2.05, 4.69) is 20.4 Å². The molecule has 8 nitrogen and oxygen atoms in total. The van der Waals surface area contributed by atoms with E-state index in [0.717, 1.165) is 63.9 Å². The van der Waals surface area contributed by atoms with Crippen molar-refractivity contribution < 1.29 is 27.6 Å². The van der Waals surface area contributed by atoms with Crippen molar-refractivity contribution in [3.63, 3.8) is 0 Å². The smallest absolute Gasteiger partial charge is 0.273 e. The molecule has 3 heterocycles. The second kappa shape index (κ2) is 11.0. The first-order valence-corrected chi connectivity index (χ1v) is 13.7. The third-order valence-electron chi connectivity index (χ3n) is 7.42. The summed E-state index contributed by atoms with van der Waals surface area (Å²) in [6.45, 7) is 4.76. The molecule has 36 heavy (non-hydrogen) atoms. The summed E-state index contributed by atoms with van der Waals surface area (Å²) in [5.74, 6) is -1.02. The molecule has 1 N–H and O–H groups in total. The number of hydrogen-bond acceptors (Lipinski definition) is 8. The number of alkyl halides is 2. The fourth-order valence-electron chi connectivity index (χ4n) is 5.27. The average molecular weight is 525 g/mol. The van der Waals surface area contributed by atoms with Crippen molar-refractivity contribution in [2.75, 3.05) is 26.2 Å². The SMILES string of the molecule is Cc1cc(OCC(=O)NC2CCC(CCN3CCc4nc(OC5CC(F)(F)C5)sc4CC3)CC2)no1. The molecule has 0 radical (unpaired) electrons. The highest BCUT2D eigenvalue weighted by atomic mass is 32.1. The molecule has 0 unspecified atom stereocenters. The fourth-order valence-corrected chi connectivity index (χ4v) is 6.28. The van der Waals surface area contributed by atoms with Gasteiger partial charge >= 0.3 is 0 Å². The highest BCUT2D eigenvalue weighted by Crippen LogP contribution is 2.41. The van der Waals surface area contributed by atoms with E-state index in [4.69, 9.17) is 14.0 Å². The Morgan fingerprint density at radius 1 is 1.25 bits per heavy atom. The minimum Gasteiger partial charge on any atom is -0.466 e. The minimum atomic E-state index is -2.57. The quantitative estimate of drug-likeness (QED) is 0.527. The Bertz CT molecular complexity index is 1000. The highest BCUT2D eigenvalue weighted by Gasteiger charge is 2.47. The number of fused-ring (bicyclic) bond motifs is 1. The van der Waals surface area contributed by atoms with E-state index in [9.17, 15) is 13.6 Å². The van der Waals surface area contributed by atoms with Crippen molar-refractivity contribution in [2.24, 2.45) is 5.92 Å². The molecule has 5 rings (SSSR count). The zero-order valence-electron chi connectivity index (χ0n) is 20.6. The summed E-state index contributed by atoms with van der Waals surface area (Å²) in [5.41, 5.74) is 1.07. The maximum atomic E-state index is 13.0. The molecule has 0 bridgehead atoms. The summed E-state index contributed by atoms with van der Waals surface area (Å²) >= 11 is 1.53. The van der Waals surface area contributed by atoms with Gasteiger partial charge in [0.05, 0.1) is 5.69 Å². The van der Waals surface area contributed by atoms with Gasteiger partial charge in [-0.05, 0) is 63.1 Å². The summed E-state index contributed by atoms with van der Waals surface area (Å²) < 4.78 is 42.1. The lowest BCUT2D eigenvalue weighted by molar-refractivity contribution is -0.134. The van der Waals surface area contributed by atoms with Crippen LogP contribution in [0.5, 0.6) is 11.1 Å². The largest absolute Gasteiger partial charge is 0.466 e. The van der Waals surface area contributed by atoms with Gasteiger partial charge in [-0.2, -0.15) is 0 Å². The summed E-state index contributed by atoms with van der Waals surface area (Å²) in [4.78, 5) is 20.5. The Morgan fingerprint density at radius 3 is 2.75 bits per heavy atom. The number of halogens is 2. The van der Waals surface area contributed by atoms with Gasteiger partial charge in [-0.25, -0.2) is 13.8 Å². The normalized spacial score (nSPS) is 24.4. The Balaban J connectivity index is 0.968. The van der Waals surface area contributed by atoms with Crippen LogP contribution in [0.3, 0.4) is 0 Å². The molecule has 2 aromatic heterocycles. The lowest BCUT2D eigenvalue weighted by Crippen LogP contribution is -2.43. The second-order valence-electron chi connectivity index (χ2n) is 10.3. The van der Waals surface area contributed by atoms with Gasteiger partial charge in [0.15, 0.2) is 6.61 Å². The van der Waals surface area contributed by atoms with Crippen LogP contribution in [0.2, 0.25) is 0 Å². The first-order valence-electron chi connectivity index (χ1n) is 12.9. The second-order valence-corrected chi connectivity index (χ2v) is 11.4. The maximum Gasteiger partial charge on any atom is 0.273 e. The number of hydrogen-bond donors (Lipinski definition) is 1. The summed E-state index contributed by atoms with van der Waals surface area (Å²) in [7, 11) is 0. The minimum absolute atomic E-state index is 0.0503. The van der Waals surface area contributed by atoms with Crippen LogP contribution in [0.25, 0.3) is 0 Å². The number of thiazole rings is 1. The van der Waals surface area contributed by atoms with Crippen LogP contribution < -0.4 is 14.8 Å². The standard InChI is InChI=1S/C25H34F2N4O4S/c1-16-12-23(30-35-16)33-15-22(32)28-18-4-2-17(3-5-18)6-9-31-10-7-20-21(8-11-31)36-24(29-20)34-19-13-25(26,27)14-19/h12,17-19H,2-11,13-15H2,1H3,(H,28,32). The molecule has 198 valence electrons. The number of nitrogens with zero attached hydrogens (tertiary/aromatic N) is 3. The van der Waals surface area contributed by atoms with E-state index in [1.54, 1.807) is 13.0 Å². The van der Waals surface area contributed by atoms with Gasteiger partial charge in [0.2, 0.25) is 0 Å². The van der Waals surface area contributed by atoms with E-state index >= 15 is 0 Å². The number of amides is 1. The van der Waals surface area contributed by atoms with Crippen LogP contribution in [-0.2, 0) is 17.6 Å². The van der Waals surface area contributed by atoms with Gasteiger partial charge < -0.3 is 24.2 Å². The lowest BCUT2D eigenvalue weighted by Gasteiger charge is -2.33. The van der Waals surface area contributed by atoms with Crippen LogP contribution in [0.15, 0.2) is 10.6 Å². The molecular weight excluding hydrogens is 490 g/mol. The van der Waals surface area contributed by atoms with Crippen molar-refractivity contribution in [1.29, 1.82) is 0 Å². The van der Waals surface area contributed by atoms with E-state index in [0.29, 0.717) is 22.8 Å². The maximum absolute atomic E-state index is 13.0. The first kappa shape index (κ1) is 25.4. The average Bonchev–Trinajstić information content (AvgIpc) is 3.37. The van der Waals surface area contributed by atoms with Crippen molar-refractivity contribution >= 4 is 17.2 Å². The van der Waals surface area contributed by atoms with Crippen LogP contribution in [0.4, 0.5) is 8.78 Å². The number of nitrogens with one attached hydrogen (secondary N) is 1. The van der Waals surface area contributed by atoms with Gasteiger partial charge in [-0.1, -0.05) is 11.3 Å². The monoisotopic (exact) mass is 524 g/mol. The molecule has 3 aliphatic rings. The molecule has 1 amide bonds. The van der Waals surface area contributed by atoms with E-state index in [1.807, 2.05) is 0 Å². The van der Waals surface area contributed by atoms with Gasteiger partial charge in [0.1, 0.15) is 11.9 Å². The topological polar surface area (TPSA) is 89.7 Å². The van der Waals surface area contributed by atoms with Crippen molar-refractivity contribution in [3.8, 4) is 11.1 Å². The molecule has 2 saturated carbocycles. The van der Waals surface area contributed by atoms with Crippen molar-refractivity contribution in [1.82, 2.24) is 20.4 Å². The Kier molecular flexibility index (Phi) is 7.76. The Hall–Kier alpha value is -2.27. The van der Waals surface area contributed by atoms with Crippen LogP contribution >= 0.6 is 11.3 Å². The van der Waals surface area contributed by atoms with Crippen molar-refractivity contribution in [3.05, 3.63) is 22.4 Å². The van der Waals surface area contributed by atoms with Gasteiger partial charge in [0.25, 0.3) is 22.9 Å². The predicted octanol–water partition coefficient (Wildman–Crippen LogP) is 4.16. The zero-order chi connectivity index (χ0) is 25.1. The summed E-state index contributed by atoms with van der Waals surface area (Å²) in [6, 6.07) is 1.87. The molecule has 0 aromatic carbocycles. The van der Waals surface area contributed by atoms with E-state index in [1.165, 1.54) is 22.6 Å². The number of ether oxygens (including phenoxy) is 2. The number of rotatable bonds is 9. The van der Waals surface area contributed by atoms with Crippen LogP contribution in [0.1, 0.15) is 61.3 Å². The van der Waals surface area contributed by atoms with Crippen LogP contribution in [-0.4, -0.2) is 65.3 Å². The van der Waals surface area contributed by atoms with Gasteiger partial charge in [-0.3, -0.25) is 4.79 Å². The molecule has 0 atom stereocenters. The fraction of sp³-hybridized carbons (Fsp3) is 0.720. The number of carbonyl (C=O) groups excluding carboxylic acids is 1. The van der Waals surface area contributed by atoms with Gasteiger partial charge in [-0.15, -0.1) is 0 Å².